The maximum absolute atomic E-state index is 8.94. The summed E-state index contributed by atoms with van der Waals surface area (Å²) in [7, 11) is 0. The van der Waals surface area contributed by atoms with Gasteiger partial charge in [0.1, 0.15) is 11.6 Å². The summed E-state index contributed by atoms with van der Waals surface area (Å²) >= 11 is 0. The van der Waals surface area contributed by atoms with Crippen LogP contribution in [0.1, 0.15) is 38.2 Å². The number of aryl methyl sites for hydroxylation is 2. The first-order valence-corrected chi connectivity index (χ1v) is 6.38. The van der Waals surface area contributed by atoms with Gasteiger partial charge in [0.05, 0.1) is 0 Å². The molecule has 0 bridgehead atoms. The lowest BCUT2D eigenvalue weighted by Gasteiger charge is -2.15. The van der Waals surface area contributed by atoms with Crippen molar-refractivity contribution in [3.63, 3.8) is 0 Å². The smallest absolute Gasteiger partial charge is 0.129 e. The summed E-state index contributed by atoms with van der Waals surface area (Å²) in [5.41, 5.74) is 1.07. The van der Waals surface area contributed by atoms with Crippen molar-refractivity contribution in [3.05, 3.63) is 17.6 Å². The van der Waals surface area contributed by atoms with Gasteiger partial charge in [-0.3, -0.25) is 0 Å². The topological polar surface area (TPSA) is 58.0 Å². The molecular weight excluding hydrogens is 214 g/mol. The molecule has 0 amide bonds. The zero-order chi connectivity index (χ0) is 12.7. The van der Waals surface area contributed by atoms with Crippen molar-refractivity contribution in [2.75, 3.05) is 18.5 Å². The van der Waals surface area contributed by atoms with Crippen molar-refractivity contribution in [1.82, 2.24) is 9.97 Å². The van der Waals surface area contributed by atoms with Gasteiger partial charge in [0.15, 0.2) is 0 Å². The highest BCUT2D eigenvalue weighted by Gasteiger charge is 2.06. The van der Waals surface area contributed by atoms with Gasteiger partial charge < -0.3 is 10.4 Å². The van der Waals surface area contributed by atoms with Crippen molar-refractivity contribution >= 4 is 5.82 Å². The molecule has 0 aliphatic rings. The van der Waals surface area contributed by atoms with Crippen molar-refractivity contribution in [2.24, 2.45) is 5.92 Å². The van der Waals surface area contributed by atoms with E-state index in [0.717, 1.165) is 43.1 Å². The molecule has 0 spiro atoms. The van der Waals surface area contributed by atoms with Gasteiger partial charge in [0.2, 0.25) is 0 Å². The van der Waals surface area contributed by atoms with E-state index >= 15 is 0 Å². The van der Waals surface area contributed by atoms with E-state index in [1.165, 1.54) is 0 Å². The average Bonchev–Trinajstić information content (AvgIpc) is 2.33. The molecule has 17 heavy (non-hydrogen) atoms. The number of aliphatic hydroxyl groups is 1. The number of nitrogens with zero attached hydrogens (tertiary/aromatic N) is 2. The van der Waals surface area contributed by atoms with Crippen LogP contribution in [0.25, 0.3) is 0 Å². The van der Waals surface area contributed by atoms with Gasteiger partial charge >= 0.3 is 0 Å². The molecule has 96 valence electrons. The van der Waals surface area contributed by atoms with Crippen molar-refractivity contribution in [2.45, 2.75) is 40.0 Å². The molecule has 1 rings (SSSR count). The highest BCUT2D eigenvalue weighted by Crippen LogP contribution is 2.11. The molecule has 1 aromatic rings. The molecule has 0 radical (unpaired) electrons. The molecule has 4 heteroatoms. The lowest BCUT2D eigenvalue weighted by Crippen LogP contribution is -2.16. The van der Waals surface area contributed by atoms with E-state index in [1.807, 2.05) is 13.0 Å². The largest absolute Gasteiger partial charge is 0.396 e. The summed E-state index contributed by atoms with van der Waals surface area (Å²) in [5, 5.41) is 12.3. The minimum Gasteiger partial charge on any atom is -0.396 e. The van der Waals surface area contributed by atoms with Gasteiger partial charge in [-0.05, 0) is 25.7 Å². The predicted molar refractivity (Wildman–Crippen MR) is 70.1 cm³/mol. The highest BCUT2D eigenvalue weighted by atomic mass is 16.3. The van der Waals surface area contributed by atoms with Gasteiger partial charge in [-0.1, -0.05) is 20.3 Å². The fourth-order valence-corrected chi connectivity index (χ4v) is 1.78. The number of nitrogens with one attached hydrogen (secondary N) is 1. The van der Waals surface area contributed by atoms with Crippen molar-refractivity contribution < 1.29 is 5.11 Å². The fraction of sp³-hybridized carbons (Fsp3) is 0.692. The van der Waals surface area contributed by atoms with Gasteiger partial charge in [-0.2, -0.15) is 0 Å². The number of rotatable bonds is 7. The van der Waals surface area contributed by atoms with Crippen LogP contribution in [0.15, 0.2) is 6.07 Å². The molecule has 4 nitrogen and oxygen atoms in total. The van der Waals surface area contributed by atoms with Gasteiger partial charge in [0.25, 0.3) is 0 Å². The molecule has 1 aromatic heterocycles. The Bertz CT molecular complexity index is 341. The average molecular weight is 237 g/mol. The molecule has 2 N–H and O–H groups in total. The minimum atomic E-state index is 0.253. The third-order valence-electron chi connectivity index (χ3n) is 2.94. The molecule has 0 saturated heterocycles. The SMILES string of the molecule is CCc1cc(NCC(CC)CCO)nc(C)n1. The van der Waals surface area contributed by atoms with E-state index in [1.54, 1.807) is 0 Å². The Morgan fingerprint density at radius 3 is 2.71 bits per heavy atom. The van der Waals surface area contributed by atoms with Crippen molar-refractivity contribution in [3.8, 4) is 0 Å². The third kappa shape index (κ3) is 4.69. The lowest BCUT2D eigenvalue weighted by atomic mass is 10.0. The summed E-state index contributed by atoms with van der Waals surface area (Å²) in [4.78, 5) is 8.71. The first kappa shape index (κ1) is 13.9. The molecule has 0 fully saturated rings. The van der Waals surface area contributed by atoms with Crippen molar-refractivity contribution in [1.29, 1.82) is 0 Å². The summed E-state index contributed by atoms with van der Waals surface area (Å²) in [6.07, 6.45) is 2.83. The molecule has 0 saturated carbocycles. The number of hydrogen-bond acceptors (Lipinski definition) is 4. The number of hydrogen-bond donors (Lipinski definition) is 2. The van der Waals surface area contributed by atoms with E-state index in [4.69, 9.17) is 5.11 Å². The number of aliphatic hydroxyl groups excluding tert-OH is 1. The molecule has 1 atom stereocenters. The summed E-state index contributed by atoms with van der Waals surface area (Å²) in [6.45, 7) is 7.26. The van der Waals surface area contributed by atoms with Crippen LogP contribution in [0.4, 0.5) is 5.82 Å². The second-order valence-electron chi connectivity index (χ2n) is 4.31. The van der Waals surface area contributed by atoms with Gasteiger partial charge in [-0.25, -0.2) is 9.97 Å². The zero-order valence-corrected chi connectivity index (χ0v) is 11.0. The van der Waals surface area contributed by atoms with Crippen LogP contribution in [0.2, 0.25) is 0 Å². The Hall–Kier alpha value is -1.16. The van der Waals surface area contributed by atoms with Gasteiger partial charge in [0, 0.05) is 24.9 Å². The second-order valence-corrected chi connectivity index (χ2v) is 4.31. The standard InChI is InChI=1S/C13H23N3O/c1-4-11(6-7-17)9-14-13-8-12(5-2)15-10(3)16-13/h8,11,17H,4-7,9H2,1-3H3,(H,14,15,16). The summed E-state index contributed by atoms with van der Waals surface area (Å²) in [6, 6.07) is 2.00. The zero-order valence-electron chi connectivity index (χ0n) is 11.0. The van der Waals surface area contributed by atoms with Crippen LogP contribution >= 0.6 is 0 Å². The molecule has 0 aromatic carbocycles. The third-order valence-corrected chi connectivity index (χ3v) is 2.94. The molecule has 0 aliphatic heterocycles. The first-order chi connectivity index (χ1) is 8.19. The van der Waals surface area contributed by atoms with Crippen LogP contribution in [-0.2, 0) is 6.42 Å². The predicted octanol–water partition coefficient (Wildman–Crippen LogP) is 2.17. The molecule has 1 unspecified atom stereocenters. The Labute approximate surface area is 103 Å². The molecule has 1 heterocycles. The van der Waals surface area contributed by atoms with Crippen LogP contribution in [-0.4, -0.2) is 28.2 Å². The summed E-state index contributed by atoms with van der Waals surface area (Å²) in [5.74, 6) is 2.20. The Balaban J connectivity index is 2.58. The fourth-order valence-electron chi connectivity index (χ4n) is 1.78. The Morgan fingerprint density at radius 1 is 1.35 bits per heavy atom. The number of anilines is 1. The minimum absolute atomic E-state index is 0.253. The molecular formula is C13H23N3O. The van der Waals surface area contributed by atoms with E-state index in [2.05, 4.69) is 29.1 Å². The number of aromatic nitrogens is 2. The second kappa shape index (κ2) is 7.22. The van der Waals surface area contributed by atoms with E-state index in [0.29, 0.717) is 5.92 Å². The highest BCUT2D eigenvalue weighted by molar-refractivity contribution is 5.36. The summed E-state index contributed by atoms with van der Waals surface area (Å²) < 4.78 is 0. The molecule has 0 aliphatic carbocycles. The van der Waals surface area contributed by atoms with E-state index in [-0.39, 0.29) is 6.61 Å². The van der Waals surface area contributed by atoms with Crippen LogP contribution < -0.4 is 5.32 Å². The van der Waals surface area contributed by atoms with Crippen LogP contribution in [0.3, 0.4) is 0 Å². The monoisotopic (exact) mass is 237 g/mol. The first-order valence-electron chi connectivity index (χ1n) is 6.38. The maximum Gasteiger partial charge on any atom is 0.129 e. The Morgan fingerprint density at radius 2 is 2.12 bits per heavy atom. The van der Waals surface area contributed by atoms with Crippen LogP contribution in [0.5, 0.6) is 0 Å². The Kier molecular flexibility index (Phi) is 5.91. The van der Waals surface area contributed by atoms with E-state index < -0.39 is 0 Å². The normalized spacial score (nSPS) is 12.5. The lowest BCUT2D eigenvalue weighted by molar-refractivity contribution is 0.258. The van der Waals surface area contributed by atoms with E-state index in [9.17, 15) is 0 Å². The van der Waals surface area contributed by atoms with Crippen LogP contribution in [0, 0.1) is 12.8 Å². The quantitative estimate of drug-likeness (QED) is 0.763. The van der Waals surface area contributed by atoms with Gasteiger partial charge in [-0.15, -0.1) is 0 Å². The maximum atomic E-state index is 8.94.